The molecule has 5 N–H and O–H groups in total. The lowest BCUT2D eigenvalue weighted by Gasteiger charge is -2.15. The molecule has 1 saturated heterocycles. The highest BCUT2D eigenvalue weighted by Gasteiger charge is 2.27. The van der Waals surface area contributed by atoms with Crippen LogP contribution >= 0.6 is 0 Å². The van der Waals surface area contributed by atoms with Crippen LogP contribution in [0.2, 0.25) is 0 Å². The minimum Gasteiger partial charge on any atom is -0.394 e. The number of H-pyrrole nitrogens is 1. The Kier molecular flexibility index (Phi) is 6.40. The van der Waals surface area contributed by atoms with Crippen LogP contribution in [-0.2, 0) is 17.7 Å². The predicted molar refractivity (Wildman–Crippen MR) is 102 cm³/mol. The Bertz CT molecular complexity index is 935. The molecular formula is C19H24N4O5. The van der Waals surface area contributed by atoms with E-state index in [1.165, 1.54) is 10.8 Å². The summed E-state index contributed by atoms with van der Waals surface area (Å²) >= 11 is 0. The van der Waals surface area contributed by atoms with Gasteiger partial charge in [0.25, 0.3) is 11.5 Å². The van der Waals surface area contributed by atoms with Crippen molar-refractivity contribution in [3.05, 3.63) is 68.0 Å². The van der Waals surface area contributed by atoms with Crippen LogP contribution in [0.1, 0.15) is 40.6 Å². The van der Waals surface area contributed by atoms with E-state index in [4.69, 9.17) is 10.5 Å². The van der Waals surface area contributed by atoms with Crippen molar-refractivity contribution in [1.29, 1.82) is 0 Å². The van der Waals surface area contributed by atoms with Gasteiger partial charge in [-0.3, -0.25) is 19.1 Å². The minimum atomic E-state index is -0.554. The molecule has 9 heteroatoms. The average molecular weight is 388 g/mol. The fourth-order valence-corrected chi connectivity index (χ4v) is 3.15. The van der Waals surface area contributed by atoms with Crippen LogP contribution in [-0.4, -0.2) is 39.8 Å². The van der Waals surface area contributed by atoms with Gasteiger partial charge in [-0.1, -0.05) is 12.1 Å². The van der Waals surface area contributed by atoms with Crippen LogP contribution in [0.3, 0.4) is 0 Å². The van der Waals surface area contributed by atoms with Crippen LogP contribution in [0.5, 0.6) is 0 Å². The van der Waals surface area contributed by atoms with Gasteiger partial charge in [0.2, 0.25) is 0 Å². The van der Waals surface area contributed by atoms with E-state index in [1.54, 1.807) is 24.3 Å². The molecule has 1 fully saturated rings. The number of nitrogens with zero attached hydrogens (tertiary/aromatic N) is 1. The first-order chi connectivity index (χ1) is 13.5. The monoisotopic (exact) mass is 388 g/mol. The topological polar surface area (TPSA) is 139 Å². The third-order valence-corrected chi connectivity index (χ3v) is 4.77. The van der Waals surface area contributed by atoms with Gasteiger partial charge in [0, 0.05) is 30.4 Å². The molecule has 0 spiro atoms. The van der Waals surface area contributed by atoms with Gasteiger partial charge in [0.05, 0.1) is 12.7 Å². The van der Waals surface area contributed by atoms with Gasteiger partial charge in [-0.15, -0.1) is 0 Å². The molecular weight excluding hydrogens is 364 g/mol. The lowest BCUT2D eigenvalue weighted by Crippen LogP contribution is -2.35. The number of rotatable bonds is 7. The summed E-state index contributed by atoms with van der Waals surface area (Å²) in [5.74, 6) is -0.252. The number of nitrogens with two attached hydrogens (primary N) is 1. The zero-order valence-corrected chi connectivity index (χ0v) is 15.4. The van der Waals surface area contributed by atoms with E-state index in [-0.39, 0.29) is 31.6 Å². The minimum absolute atomic E-state index is 0.111. The molecule has 1 aliphatic heterocycles. The Morgan fingerprint density at radius 2 is 2.04 bits per heavy atom. The number of aliphatic hydroxyl groups excluding tert-OH is 1. The second-order valence-electron chi connectivity index (χ2n) is 6.70. The molecule has 2 aromatic rings. The van der Waals surface area contributed by atoms with Crippen molar-refractivity contribution >= 4 is 5.91 Å². The van der Waals surface area contributed by atoms with Gasteiger partial charge in [-0.2, -0.15) is 0 Å². The molecule has 1 amide bonds. The molecule has 3 rings (SSSR count). The molecule has 1 aromatic carbocycles. The first kappa shape index (κ1) is 20.0. The summed E-state index contributed by atoms with van der Waals surface area (Å²) in [4.78, 5) is 38.6. The number of carbonyl (C=O) groups is 1. The molecule has 0 unspecified atom stereocenters. The Morgan fingerprint density at radius 3 is 2.68 bits per heavy atom. The van der Waals surface area contributed by atoms with Crippen molar-refractivity contribution in [2.45, 2.75) is 38.1 Å². The number of benzene rings is 1. The second-order valence-corrected chi connectivity index (χ2v) is 6.70. The van der Waals surface area contributed by atoms with Crippen molar-refractivity contribution in [3.8, 4) is 0 Å². The summed E-state index contributed by atoms with van der Waals surface area (Å²) in [5, 5.41) is 11.9. The SMILES string of the molecule is NCc1ccc(C(=O)NCCc2cn([C@H]3CC[C@@H](CO)O3)c(=O)[nH]c2=O)cc1. The van der Waals surface area contributed by atoms with Crippen molar-refractivity contribution in [1.82, 2.24) is 14.9 Å². The number of hydrogen-bond acceptors (Lipinski definition) is 6. The molecule has 2 atom stereocenters. The normalized spacial score (nSPS) is 18.9. The summed E-state index contributed by atoms with van der Waals surface area (Å²) in [6.07, 6.45) is 2.12. The molecule has 1 aliphatic rings. The third-order valence-electron chi connectivity index (χ3n) is 4.77. The molecule has 2 heterocycles. The average Bonchev–Trinajstić information content (AvgIpc) is 3.18. The zero-order valence-electron chi connectivity index (χ0n) is 15.4. The van der Waals surface area contributed by atoms with Gasteiger partial charge in [-0.05, 0) is 37.0 Å². The summed E-state index contributed by atoms with van der Waals surface area (Å²) < 4.78 is 6.94. The van der Waals surface area contributed by atoms with E-state index in [2.05, 4.69) is 10.3 Å². The Labute approximate surface area is 161 Å². The number of aromatic amines is 1. The van der Waals surface area contributed by atoms with Crippen LogP contribution < -0.4 is 22.3 Å². The molecule has 0 saturated carbocycles. The molecule has 9 nitrogen and oxygen atoms in total. The molecule has 28 heavy (non-hydrogen) atoms. The van der Waals surface area contributed by atoms with E-state index >= 15 is 0 Å². The maximum Gasteiger partial charge on any atom is 0.330 e. The van der Waals surface area contributed by atoms with E-state index in [0.29, 0.717) is 30.5 Å². The van der Waals surface area contributed by atoms with Crippen molar-refractivity contribution in [2.75, 3.05) is 13.2 Å². The first-order valence-electron chi connectivity index (χ1n) is 9.19. The van der Waals surface area contributed by atoms with Gasteiger partial charge in [0.1, 0.15) is 6.23 Å². The molecule has 0 radical (unpaired) electrons. The Hall–Kier alpha value is -2.75. The quantitative estimate of drug-likeness (QED) is 0.511. The van der Waals surface area contributed by atoms with E-state index < -0.39 is 17.5 Å². The highest BCUT2D eigenvalue weighted by atomic mass is 16.5. The van der Waals surface area contributed by atoms with Crippen LogP contribution in [0.25, 0.3) is 0 Å². The highest BCUT2D eigenvalue weighted by Crippen LogP contribution is 2.26. The fourth-order valence-electron chi connectivity index (χ4n) is 3.15. The van der Waals surface area contributed by atoms with Gasteiger partial charge in [0.15, 0.2) is 0 Å². The van der Waals surface area contributed by atoms with Gasteiger partial charge >= 0.3 is 5.69 Å². The number of aromatic nitrogens is 2. The van der Waals surface area contributed by atoms with Crippen molar-refractivity contribution in [2.24, 2.45) is 5.73 Å². The van der Waals surface area contributed by atoms with Crippen LogP contribution in [0, 0.1) is 0 Å². The van der Waals surface area contributed by atoms with E-state index in [9.17, 15) is 19.5 Å². The number of aliphatic hydroxyl groups is 1. The van der Waals surface area contributed by atoms with Crippen molar-refractivity contribution < 1.29 is 14.6 Å². The largest absolute Gasteiger partial charge is 0.394 e. The third kappa shape index (κ3) is 4.56. The lowest BCUT2D eigenvalue weighted by molar-refractivity contribution is -0.0247. The molecule has 0 bridgehead atoms. The molecule has 0 aliphatic carbocycles. The zero-order chi connectivity index (χ0) is 20.1. The Morgan fingerprint density at radius 1 is 1.29 bits per heavy atom. The van der Waals surface area contributed by atoms with Gasteiger partial charge in [-0.25, -0.2) is 4.79 Å². The summed E-state index contributed by atoms with van der Waals surface area (Å²) in [5.41, 5.74) is 6.31. The number of ether oxygens (including phenoxy) is 1. The predicted octanol–water partition coefficient (Wildman–Crippen LogP) is -0.362. The Balaban J connectivity index is 1.63. The maximum absolute atomic E-state index is 12.2. The number of amides is 1. The maximum atomic E-state index is 12.2. The molecule has 150 valence electrons. The summed E-state index contributed by atoms with van der Waals surface area (Å²) in [6.45, 7) is 0.535. The van der Waals surface area contributed by atoms with Gasteiger partial charge < -0.3 is 20.9 Å². The highest BCUT2D eigenvalue weighted by molar-refractivity contribution is 5.94. The summed E-state index contributed by atoms with van der Waals surface area (Å²) in [7, 11) is 0. The lowest BCUT2D eigenvalue weighted by atomic mass is 10.1. The fraction of sp³-hybridized carbons (Fsp3) is 0.421. The van der Waals surface area contributed by atoms with Crippen LogP contribution in [0.4, 0.5) is 0 Å². The number of carbonyl (C=O) groups excluding carboxylic acids is 1. The standard InChI is InChI=1S/C19H24N4O5/c20-9-12-1-3-13(4-2-12)17(25)21-8-7-14-10-23(19(27)22-18(14)26)16-6-5-15(11-24)28-16/h1-4,10,15-16,24H,5-9,11,20H2,(H,21,25)(H,22,26,27)/t15-,16+/m0/s1. The number of hydrogen-bond donors (Lipinski definition) is 4. The second kappa shape index (κ2) is 8.96. The number of nitrogens with one attached hydrogen (secondary N) is 2. The van der Waals surface area contributed by atoms with Crippen LogP contribution in [0.15, 0.2) is 40.1 Å². The smallest absolute Gasteiger partial charge is 0.330 e. The first-order valence-corrected chi connectivity index (χ1v) is 9.19. The van der Waals surface area contributed by atoms with Crippen molar-refractivity contribution in [3.63, 3.8) is 0 Å². The molecule has 1 aromatic heterocycles. The summed E-state index contributed by atoms with van der Waals surface area (Å²) in [6, 6.07) is 6.96. The van der Waals surface area contributed by atoms with E-state index in [1.807, 2.05) is 0 Å². The van der Waals surface area contributed by atoms with E-state index in [0.717, 1.165) is 5.56 Å².